The van der Waals surface area contributed by atoms with Crippen LogP contribution in [0.5, 0.6) is 0 Å². The lowest BCUT2D eigenvalue weighted by atomic mass is 10.3. The summed E-state index contributed by atoms with van der Waals surface area (Å²) in [5.41, 5.74) is 0.482. The summed E-state index contributed by atoms with van der Waals surface area (Å²) in [7, 11) is 1.18. The molecule has 0 fully saturated rings. The number of carbonyl (C=O) groups is 1. The van der Waals surface area contributed by atoms with Crippen LogP contribution in [0.3, 0.4) is 0 Å². The zero-order valence-corrected chi connectivity index (χ0v) is 11.8. The summed E-state index contributed by atoms with van der Waals surface area (Å²) in [5.74, 6) is 0. The number of hydrogen-bond acceptors (Lipinski definition) is 3. The van der Waals surface area contributed by atoms with E-state index in [1.165, 1.54) is 18.8 Å². The molecule has 0 aromatic heterocycles. The molecule has 0 heterocycles. The van der Waals surface area contributed by atoms with Crippen LogP contribution >= 0.6 is 11.8 Å². The fourth-order valence-electron chi connectivity index (χ4n) is 1.37. The van der Waals surface area contributed by atoms with Gasteiger partial charge in [0.15, 0.2) is 6.10 Å². The number of alkyl halides is 3. The molecule has 4 nitrogen and oxygen atoms in total. The first-order chi connectivity index (χ1) is 9.24. The average molecular weight is 308 g/mol. The van der Waals surface area contributed by atoms with Crippen LogP contribution in [-0.2, 0) is 0 Å². The Morgan fingerprint density at radius 1 is 1.50 bits per heavy atom. The van der Waals surface area contributed by atoms with Gasteiger partial charge in [-0.3, -0.25) is 0 Å². The largest absolute Gasteiger partial charge is 0.416 e. The summed E-state index contributed by atoms with van der Waals surface area (Å²) in [5, 5.41) is 11.4. The molecule has 2 N–H and O–H groups in total. The third kappa shape index (κ3) is 4.93. The number of aliphatic hydroxyl groups is 1. The third-order valence-corrected chi connectivity index (χ3v) is 3.22. The predicted molar refractivity (Wildman–Crippen MR) is 71.9 cm³/mol. The molecule has 0 bridgehead atoms. The van der Waals surface area contributed by atoms with Crippen molar-refractivity contribution in [1.82, 2.24) is 4.90 Å². The maximum absolute atomic E-state index is 12.2. The van der Waals surface area contributed by atoms with Crippen LogP contribution in [-0.4, -0.2) is 48.2 Å². The summed E-state index contributed by atoms with van der Waals surface area (Å²) in [6.45, 7) is -0.822. The van der Waals surface area contributed by atoms with E-state index in [1.807, 2.05) is 12.3 Å². The molecule has 8 heteroatoms. The maximum Gasteiger partial charge on any atom is 0.416 e. The number of amides is 2. The van der Waals surface area contributed by atoms with Crippen molar-refractivity contribution in [3.05, 3.63) is 24.3 Å². The quantitative estimate of drug-likeness (QED) is 0.841. The molecule has 1 aromatic carbocycles. The number of carbonyl (C=O) groups excluding carboxylic acids is 1. The lowest BCUT2D eigenvalue weighted by Crippen LogP contribution is -2.43. The molecule has 1 unspecified atom stereocenters. The first-order valence-electron chi connectivity index (χ1n) is 5.65. The molecule has 0 aliphatic heterocycles. The molecule has 2 amide bonds. The van der Waals surface area contributed by atoms with Gasteiger partial charge in [-0.15, -0.1) is 11.8 Å². The zero-order chi connectivity index (χ0) is 15.3. The van der Waals surface area contributed by atoms with Crippen molar-refractivity contribution in [3.63, 3.8) is 0 Å². The Bertz CT molecular complexity index is 468. The number of urea groups is 1. The van der Waals surface area contributed by atoms with Crippen LogP contribution in [0.2, 0.25) is 0 Å². The number of nitrogens with zero attached hydrogens (tertiary/aromatic N) is 1. The smallest absolute Gasteiger partial charge is 0.382 e. The number of likely N-dealkylation sites (N-methyl/N-ethyl adjacent to an activating group) is 1. The fourth-order valence-corrected chi connectivity index (χ4v) is 1.83. The van der Waals surface area contributed by atoms with E-state index in [-0.39, 0.29) is 0 Å². The minimum Gasteiger partial charge on any atom is -0.382 e. The molecule has 0 saturated carbocycles. The Morgan fingerprint density at radius 3 is 2.70 bits per heavy atom. The van der Waals surface area contributed by atoms with Crippen molar-refractivity contribution >= 4 is 23.5 Å². The number of anilines is 1. The highest BCUT2D eigenvalue weighted by Gasteiger charge is 2.39. The molecule has 0 saturated heterocycles. The number of hydrogen-bond donors (Lipinski definition) is 2. The van der Waals surface area contributed by atoms with E-state index >= 15 is 0 Å². The monoisotopic (exact) mass is 308 g/mol. The molecular formula is C12H15F3N2O2S. The van der Waals surface area contributed by atoms with Crippen molar-refractivity contribution in [2.45, 2.75) is 17.2 Å². The number of halogens is 3. The van der Waals surface area contributed by atoms with Crippen molar-refractivity contribution in [2.24, 2.45) is 0 Å². The van der Waals surface area contributed by atoms with Crippen LogP contribution in [0.4, 0.5) is 23.7 Å². The molecular weight excluding hydrogens is 293 g/mol. The molecule has 0 spiro atoms. The van der Waals surface area contributed by atoms with Gasteiger partial charge in [-0.1, -0.05) is 6.07 Å². The van der Waals surface area contributed by atoms with E-state index in [4.69, 9.17) is 5.11 Å². The third-order valence-electron chi connectivity index (χ3n) is 2.49. The molecule has 1 rings (SSSR count). The number of rotatable bonds is 4. The normalized spacial score (nSPS) is 12.9. The Balaban J connectivity index is 2.61. The van der Waals surface area contributed by atoms with Gasteiger partial charge in [-0.25, -0.2) is 4.79 Å². The highest BCUT2D eigenvalue weighted by atomic mass is 32.2. The number of thioether (sulfide) groups is 1. The minimum atomic E-state index is -4.74. The van der Waals surface area contributed by atoms with E-state index in [2.05, 4.69) is 5.32 Å². The molecule has 1 aromatic rings. The molecule has 0 aliphatic rings. The van der Waals surface area contributed by atoms with Crippen LogP contribution in [0.1, 0.15) is 0 Å². The van der Waals surface area contributed by atoms with Crippen LogP contribution in [0, 0.1) is 0 Å². The topological polar surface area (TPSA) is 52.6 Å². The summed E-state index contributed by atoms with van der Waals surface area (Å²) < 4.78 is 36.6. The summed E-state index contributed by atoms with van der Waals surface area (Å²) >= 11 is 1.48. The van der Waals surface area contributed by atoms with Gasteiger partial charge >= 0.3 is 12.2 Å². The number of nitrogens with one attached hydrogen (secondary N) is 1. The lowest BCUT2D eigenvalue weighted by molar-refractivity contribution is -0.205. The van der Waals surface area contributed by atoms with Gasteiger partial charge in [0.2, 0.25) is 0 Å². The van der Waals surface area contributed by atoms with Crippen molar-refractivity contribution in [1.29, 1.82) is 0 Å². The second-order valence-electron chi connectivity index (χ2n) is 4.10. The predicted octanol–water partition coefficient (Wildman–Crippen LogP) is 2.80. The van der Waals surface area contributed by atoms with Gasteiger partial charge in [0.1, 0.15) is 0 Å². The SMILES string of the molecule is CSc1cccc(NC(=O)N(C)CC(O)C(F)(F)F)c1. The van der Waals surface area contributed by atoms with E-state index in [0.29, 0.717) is 5.69 Å². The second kappa shape index (κ2) is 6.85. The number of aliphatic hydroxyl groups excluding tert-OH is 1. The van der Waals surface area contributed by atoms with E-state index in [1.54, 1.807) is 18.2 Å². The van der Waals surface area contributed by atoms with Crippen LogP contribution < -0.4 is 5.32 Å². The van der Waals surface area contributed by atoms with Gasteiger partial charge in [-0.2, -0.15) is 13.2 Å². The Hall–Kier alpha value is -1.41. The summed E-state index contributed by atoms with van der Waals surface area (Å²) in [4.78, 5) is 13.4. The van der Waals surface area contributed by atoms with Gasteiger partial charge in [0.25, 0.3) is 0 Å². The summed E-state index contributed by atoms with van der Waals surface area (Å²) in [6, 6.07) is 6.19. The fraction of sp³-hybridized carbons (Fsp3) is 0.417. The molecule has 0 radical (unpaired) electrons. The second-order valence-corrected chi connectivity index (χ2v) is 4.98. The van der Waals surface area contributed by atoms with E-state index in [9.17, 15) is 18.0 Å². The van der Waals surface area contributed by atoms with E-state index in [0.717, 1.165) is 9.80 Å². The van der Waals surface area contributed by atoms with Crippen LogP contribution in [0.25, 0.3) is 0 Å². The van der Waals surface area contributed by atoms with Crippen molar-refractivity contribution < 1.29 is 23.1 Å². The first-order valence-corrected chi connectivity index (χ1v) is 6.87. The van der Waals surface area contributed by atoms with Gasteiger partial charge in [0.05, 0.1) is 6.54 Å². The highest BCUT2D eigenvalue weighted by molar-refractivity contribution is 7.98. The maximum atomic E-state index is 12.2. The van der Waals surface area contributed by atoms with Crippen molar-refractivity contribution in [2.75, 3.05) is 25.2 Å². The van der Waals surface area contributed by atoms with E-state index < -0.39 is 24.9 Å². The highest BCUT2D eigenvalue weighted by Crippen LogP contribution is 2.21. The molecule has 1 atom stereocenters. The number of benzene rings is 1. The molecule has 112 valence electrons. The van der Waals surface area contributed by atoms with Gasteiger partial charge < -0.3 is 15.3 Å². The standard InChI is InChI=1S/C12H15F3N2O2S/c1-17(7-10(18)12(13,14)15)11(19)16-8-4-3-5-9(6-8)20-2/h3-6,10,18H,7H2,1-2H3,(H,16,19). The minimum absolute atomic E-state index is 0.482. The Labute approximate surface area is 119 Å². The van der Waals surface area contributed by atoms with Gasteiger partial charge in [-0.05, 0) is 24.5 Å². The van der Waals surface area contributed by atoms with Crippen LogP contribution in [0.15, 0.2) is 29.2 Å². The van der Waals surface area contributed by atoms with Crippen molar-refractivity contribution in [3.8, 4) is 0 Å². The van der Waals surface area contributed by atoms with Gasteiger partial charge in [0, 0.05) is 17.6 Å². The Morgan fingerprint density at radius 2 is 2.15 bits per heavy atom. The zero-order valence-electron chi connectivity index (χ0n) is 10.9. The lowest BCUT2D eigenvalue weighted by Gasteiger charge is -2.22. The average Bonchev–Trinajstić information content (AvgIpc) is 2.37. The first kappa shape index (κ1) is 16.6. The molecule has 20 heavy (non-hydrogen) atoms. The summed E-state index contributed by atoms with van der Waals surface area (Å²) in [6.07, 6.45) is -5.43. The Kier molecular flexibility index (Phi) is 5.70. The molecule has 0 aliphatic carbocycles.